The van der Waals surface area contributed by atoms with E-state index in [1.807, 2.05) is 86.9 Å². The van der Waals surface area contributed by atoms with Crippen LogP contribution in [0, 0.1) is 47.2 Å². The Labute approximate surface area is 885 Å². The van der Waals surface area contributed by atoms with E-state index in [1.165, 1.54) is 0 Å². The summed E-state index contributed by atoms with van der Waals surface area (Å²) in [5.74, 6) is 5.61. The van der Waals surface area contributed by atoms with Gasteiger partial charge in [0.25, 0.3) is 0 Å². The maximum absolute atomic E-state index is 5.27. The Morgan fingerprint density at radius 3 is 0.893 bits per heavy atom. The van der Waals surface area contributed by atoms with Crippen molar-refractivity contribution in [2.75, 3.05) is 23.9 Å². The molecule has 0 amide bonds. The number of aromatic nitrogens is 14. The third kappa shape index (κ3) is 18.0. The van der Waals surface area contributed by atoms with Gasteiger partial charge >= 0.3 is 84.3 Å². The molecule has 0 spiro atoms. The molecule has 6 aliphatic heterocycles. The van der Waals surface area contributed by atoms with E-state index in [4.69, 9.17) is 49.9 Å². The SMILES string of the molecule is CC1(C)C=C2N=C1C1=NC(=CC1(C)C)C(C)(C)c1[c-]c(ccc1)-c1[c-]c(ccc1)C2(C)C.CC1(C)c2[c-]c(ccc2)-c2[c-]c(ccc2)C(C)(C)c2csc(n2)-c2nc1cs2.CC1(C)c2cn(-c3ccccc3)c(n2)-c2nc(cn2-c2ccccc2)C(C)(C)c2cnc([n-]2)-c2ncc1[n-]2.CN1c2[c-]c(ccc2)-c2[c-]c(ccc2)N(C)c2cn(-c3ccccc3)c(n2)-c2nc1cn2-c1ccccc1.[Pt+2].[Pt+2].[Pt+2].[Pt+2]. The monoisotopic (exact) mass is 2590 g/mol. The molecule has 24 heteroatoms. The summed E-state index contributed by atoms with van der Waals surface area (Å²) in [6, 6.07) is 101. The van der Waals surface area contributed by atoms with Crippen LogP contribution in [0.5, 0.6) is 0 Å². The van der Waals surface area contributed by atoms with Crippen molar-refractivity contribution < 1.29 is 84.3 Å². The topological polar surface area (TPSA) is 182 Å². The van der Waals surface area contributed by atoms with E-state index in [-0.39, 0.29) is 117 Å². The molecule has 18 aromatic rings. The minimum Gasteiger partial charge on any atom is -0.443 e. The summed E-state index contributed by atoms with van der Waals surface area (Å²) in [6.45, 7) is 35.3. The third-order valence-electron chi connectivity index (χ3n) is 27.5. The number of para-hydroxylation sites is 4. The van der Waals surface area contributed by atoms with E-state index in [2.05, 4.69) is 391 Å². The van der Waals surface area contributed by atoms with Crippen molar-refractivity contribution in [1.29, 1.82) is 0 Å². The molecule has 0 saturated heterocycles. The largest absolute Gasteiger partial charge is 2.00 e. The Morgan fingerprint density at radius 1 is 0.286 bits per heavy atom. The van der Waals surface area contributed by atoms with Crippen LogP contribution in [0.25, 0.3) is 101 Å². The minimum absolute atomic E-state index is 0. The normalized spacial score (nSPS) is 16.2. The van der Waals surface area contributed by atoms with E-state index in [0.717, 1.165) is 192 Å². The molecule has 10 aromatic carbocycles. The Kier molecular flexibility index (Phi) is 27.0. The Balaban J connectivity index is 0.000000128. The number of hydrogen-bond acceptors (Lipinski definition) is 14. The van der Waals surface area contributed by atoms with Crippen molar-refractivity contribution in [2.45, 2.75) is 143 Å². The predicted octanol–water partition coefficient (Wildman–Crippen LogP) is 25.6. The summed E-state index contributed by atoms with van der Waals surface area (Å²) < 4.78 is 8.44. The summed E-state index contributed by atoms with van der Waals surface area (Å²) >= 11 is 3.34. The number of nitrogens with zero attached hydrogens (tertiary/aromatic N) is 18. The van der Waals surface area contributed by atoms with Crippen LogP contribution in [0.4, 0.5) is 23.0 Å². The van der Waals surface area contributed by atoms with Gasteiger partial charge in [-0.25, -0.2) is 63.3 Å². The molecule has 0 fully saturated rings. The molecule has 6 aliphatic rings. The zero-order valence-electron chi connectivity index (χ0n) is 80.8. The fraction of sp³-hybridized carbons (Fsp3) is 0.224. The zero-order chi connectivity index (χ0) is 94.3. The molecule has 14 heterocycles. The number of aliphatic imine (C=N–C) groups is 2. The van der Waals surface area contributed by atoms with Crippen LogP contribution in [-0.4, -0.2) is 83.7 Å². The first-order chi connectivity index (χ1) is 65.1. The maximum atomic E-state index is 5.27. The van der Waals surface area contributed by atoms with E-state index >= 15 is 0 Å². The van der Waals surface area contributed by atoms with E-state index in [9.17, 15) is 0 Å². The molecule has 0 unspecified atom stereocenters. The van der Waals surface area contributed by atoms with E-state index in [1.54, 1.807) is 35.1 Å². The van der Waals surface area contributed by atoms with Crippen molar-refractivity contribution in [3.8, 4) is 101 Å². The number of hydrogen-bond donors (Lipinski definition) is 0. The van der Waals surface area contributed by atoms with Crippen molar-refractivity contribution in [1.82, 2.24) is 68.1 Å². The Hall–Kier alpha value is -12.1. The van der Waals surface area contributed by atoms with E-state index in [0.29, 0.717) is 11.6 Å². The van der Waals surface area contributed by atoms with Crippen LogP contribution < -0.4 is 19.8 Å². The van der Waals surface area contributed by atoms with Crippen LogP contribution >= 0.6 is 22.7 Å². The smallest absolute Gasteiger partial charge is 0.443 e. The van der Waals surface area contributed by atoms with Gasteiger partial charge < -0.3 is 29.7 Å². The van der Waals surface area contributed by atoms with Crippen molar-refractivity contribution in [3.05, 3.63) is 395 Å². The van der Waals surface area contributed by atoms with Gasteiger partial charge in [-0.3, -0.25) is 28.3 Å². The van der Waals surface area contributed by atoms with Crippen molar-refractivity contribution in [2.24, 2.45) is 20.8 Å². The number of fused-ring (bicyclic) bond motifs is 38. The summed E-state index contributed by atoms with van der Waals surface area (Å²) in [5.41, 5.74) is 24.0. The summed E-state index contributed by atoms with van der Waals surface area (Å²) in [7, 11) is 4.04. The second-order valence-electron chi connectivity index (χ2n) is 39.9. The van der Waals surface area contributed by atoms with Crippen LogP contribution in [0.15, 0.2) is 312 Å². The molecular weight excluding hydrogens is 2490 g/mol. The third-order valence-corrected chi connectivity index (χ3v) is 29.4. The number of thiazole rings is 2. The van der Waals surface area contributed by atoms with Crippen LogP contribution in [0.3, 0.4) is 0 Å². The predicted molar refractivity (Wildman–Crippen MR) is 548 cm³/mol. The Bertz CT molecular complexity index is 7340. The molecule has 0 atom stereocenters. The molecular formula is C116H102N18Pt4S2. The molecule has 18 nitrogen and oxygen atoms in total. The van der Waals surface area contributed by atoms with Gasteiger partial charge in [-0.1, -0.05) is 243 Å². The summed E-state index contributed by atoms with van der Waals surface area (Å²) in [5, 5.41) is 6.30. The Morgan fingerprint density at radius 2 is 0.571 bits per heavy atom. The molecule has 0 N–H and O–H groups in total. The molecule has 0 saturated carbocycles. The van der Waals surface area contributed by atoms with Gasteiger partial charge in [0, 0.05) is 115 Å². The minimum atomic E-state index is -0.522. The van der Waals surface area contributed by atoms with Crippen molar-refractivity contribution >= 4 is 57.1 Å². The fourth-order valence-corrected chi connectivity index (χ4v) is 20.4. The van der Waals surface area contributed by atoms with Gasteiger partial charge in [0.2, 0.25) is 0 Å². The average molecular weight is 2590 g/mol. The van der Waals surface area contributed by atoms with Crippen LogP contribution in [0.2, 0.25) is 0 Å². The molecule has 140 heavy (non-hydrogen) atoms. The summed E-state index contributed by atoms with van der Waals surface area (Å²) in [6.07, 6.45) is 16.6. The molecule has 0 aliphatic carbocycles. The van der Waals surface area contributed by atoms with Crippen molar-refractivity contribution in [3.63, 3.8) is 0 Å². The number of allylic oxidation sites excluding steroid dienone is 4. The zero-order valence-corrected chi connectivity index (χ0v) is 91.6. The standard InChI is InChI=1S/C32H24N6.C30H26N8.C30H32N2.C24H20N2S2.4Pt/c1-35-27-17-9-11-23(19-27)24-12-10-18-28(20-24)36(2)30-22-38(26-15-7-4-8-16-26)32(34-30)31-33-29(35)21-37(31)25-13-5-3-6-14-25;1-29(2)21-15-31-25(33-21)26-32-16-22(34-26)30(3,4)24-18-38(20-13-9-6-10-14-20)28(36-24)27-35-23(29)17-37(27)19-11-7-5-8-12-19;1-27(2)17-23-29(5,6)21-13-9-11-19(15-21)20-12-10-14-22(16-20)30(7,8)24-18-28(3,4)26(32-24)25(27)31-23;1-23(2)17-9-5-7-15(11-17)16-8-6-10-18(12-16)24(3,4)20-14-28-22(26-20)21-25-19(23)13-27-21;;;;/h3-18,21-22H,1-2H3;5-18H,1-4H3;9-14,17-18H,1-8H3;5-10,13-14H,1-4H3;;;;/q4*-2;4*+2. The number of imidazole rings is 6. The maximum Gasteiger partial charge on any atom is 2.00 e. The van der Waals surface area contributed by atoms with Gasteiger partial charge in [0.05, 0.1) is 46.6 Å². The van der Waals surface area contributed by atoms with Crippen LogP contribution in [0.1, 0.15) is 167 Å². The van der Waals surface area contributed by atoms with Gasteiger partial charge in [-0.15, -0.1) is 81.3 Å². The number of rotatable bonds is 4. The van der Waals surface area contributed by atoms with Gasteiger partial charge in [0.15, 0.2) is 44.9 Å². The fourth-order valence-electron chi connectivity index (χ4n) is 18.3. The number of benzene rings is 10. The van der Waals surface area contributed by atoms with E-state index < -0.39 is 10.8 Å². The first kappa shape index (κ1) is 99.5. The first-order valence-electron chi connectivity index (χ1n) is 46.0. The molecule has 32 bridgehead atoms. The quantitative estimate of drug-likeness (QED) is 0.152. The summed E-state index contributed by atoms with van der Waals surface area (Å²) in [4.78, 5) is 64.2. The first-order valence-corrected chi connectivity index (χ1v) is 47.8. The molecule has 24 rings (SSSR count). The second-order valence-corrected chi connectivity index (χ2v) is 41.6. The van der Waals surface area contributed by atoms with Gasteiger partial charge in [0.1, 0.15) is 0 Å². The molecule has 708 valence electrons. The van der Waals surface area contributed by atoms with Gasteiger partial charge in [-0.2, -0.15) is 109 Å². The molecule has 0 radical (unpaired) electrons. The second kappa shape index (κ2) is 38.1. The number of anilines is 4. The van der Waals surface area contributed by atoms with Crippen LogP contribution in [-0.2, 0) is 117 Å². The average Bonchev–Trinajstić information content (AvgIpc) is 1.58. The van der Waals surface area contributed by atoms with Gasteiger partial charge in [-0.05, 0) is 48.5 Å². The molecule has 8 aromatic heterocycles.